The monoisotopic (exact) mass is 470 g/mol. The normalized spacial score (nSPS) is 15.5. The van der Waals surface area contributed by atoms with E-state index < -0.39 is 12.0 Å². The third-order valence-electron chi connectivity index (χ3n) is 7.56. The fraction of sp³-hybridized carbons (Fsp3) is 0.393. The molecule has 180 valence electrons. The second-order valence-electron chi connectivity index (χ2n) is 9.98. The molecule has 0 bridgehead atoms. The minimum atomic E-state index is -0.989. The summed E-state index contributed by atoms with van der Waals surface area (Å²) >= 11 is 0. The summed E-state index contributed by atoms with van der Waals surface area (Å²) in [6.45, 7) is 4.47. The van der Waals surface area contributed by atoms with Gasteiger partial charge in [-0.05, 0) is 73.6 Å². The number of carboxylic acids is 1. The first-order valence-corrected chi connectivity index (χ1v) is 12.2. The van der Waals surface area contributed by atoms with Crippen LogP contribution >= 0.6 is 0 Å². The standard InChI is InChI=1S/C28H30N4O3/c1-17-11-18(2)25-21(15-30(3)24(25)12-17)16-31-22-10-9-19(14-29)13-23(22)32(28(31)35)26(27(33)34)20-7-5-4-6-8-20/h9-13,15,20,26H,4-8,16H2,1-3H3,(H,33,34). The van der Waals surface area contributed by atoms with Crippen molar-refractivity contribution in [1.29, 1.82) is 5.26 Å². The molecule has 1 atom stereocenters. The summed E-state index contributed by atoms with van der Waals surface area (Å²) in [6.07, 6.45) is 6.66. The quantitative estimate of drug-likeness (QED) is 0.442. The molecule has 7 heteroatoms. The number of nitrogens with zero attached hydrogens (tertiary/aromatic N) is 4. The molecule has 0 spiro atoms. The molecular weight excluding hydrogens is 440 g/mol. The summed E-state index contributed by atoms with van der Waals surface area (Å²) < 4.78 is 5.19. The van der Waals surface area contributed by atoms with Gasteiger partial charge in [0.15, 0.2) is 0 Å². The van der Waals surface area contributed by atoms with Gasteiger partial charge in [-0.15, -0.1) is 0 Å². The van der Waals surface area contributed by atoms with Gasteiger partial charge < -0.3 is 9.67 Å². The lowest BCUT2D eigenvalue weighted by Crippen LogP contribution is -2.36. The number of rotatable bonds is 5. The molecule has 7 nitrogen and oxygen atoms in total. The number of aryl methyl sites for hydroxylation is 3. The van der Waals surface area contributed by atoms with Crippen LogP contribution in [0.1, 0.15) is 60.4 Å². The van der Waals surface area contributed by atoms with Crippen LogP contribution < -0.4 is 5.69 Å². The van der Waals surface area contributed by atoms with Gasteiger partial charge in [0, 0.05) is 24.1 Å². The van der Waals surface area contributed by atoms with Crippen LogP contribution in [0.5, 0.6) is 0 Å². The minimum Gasteiger partial charge on any atom is -0.480 e. The molecule has 0 radical (unpaired) electrons. The van der Waals surface area contributed by atoms with E-state index in [0.29, 0.717) is 23.1 Å². The second-order valence-corrected chi connectivity index (χ2v) is 9.98. The lowest BCUT2D eigenvalue weighted by atomic mass is 9.83. The zero-order chi connectivity index (χ0) is 24.9. The Bertz CT molecular complexity index is 1560. The molecule has 4 aromatic rings. The smallest absolute Gasteiger partial charge is 0.330 e. The highest BCUT2D eigenvalue weighted by molar-refractivity contribution is 5.88. The first kappa shape index (κ1) is 23.0. The Kier molecular flexibility index (Phi) is 5.76. The number of imidazole rings is 1. The van der Waals surface area contributed by atoms with Crippen molar-refractivity contribution in [3.05, 3.63) is 69.3 Å². The fourth-order valence-corrected chi connectivity index (χ4v) is 6.04. The zero-order valence-electron chi connectivity index (χ0n) is 20.4. The molecule has 0 saturated heterocycles. The number of aliphatic carboxylic acids is 1. The molecular formula is C28H30N4O3. The Hall–Kier alpha value is -3.79. The van der Waals surface area contributed by atoms with Crippen molar-refractivity contribution >= 4 is 27.9 Å². The molecule has 0 aliphatic heterocycles. The van der Waals surface area contributed by atoms with Crippen molar-refractivity contribution < 1.29 is 9.90 Å². The van der Waals surface area contributed by atoms with E-state index in [4.69, 9.17) is 0 Å². The van der Waals surface area contributed by atoms with Gasteiger partial charge in [-0.25, -0.2) is 9.59 Å². The average molecular weight is 471 g/mol. The molecule has 1 saturated carbocycles. The number of carboxylic acid groups (broad SMARTS) is 1. The SMILES string of the molecule is Cc1cc(C)c2c(Cn3c(=O)n(C(C(=O)O)C4CCCCC4)c4cc(C#N)ccc43)cn(C)c2c1. The van der Waals surface area contributed by atoms with Crippen molar-refractivity contribution in [3.8, 4) is 6.07 Å². The number of benzene rings is 2. The maximum atomic E-state index is 13.9. The maximum absolute atomic E-state index is 13.9. The van der Waals surface area contributed by atoms with Gasteiger partial charge in [0.25, 0.3) is 0 Å². The first-order chi connectivity index (χ1) is 16.8. The minimum absolute atomic E-state index is 0.105. The highest BCUT2D eigenvalue weighted by Gasteiger charge is 2.34. The van der Waals surface area contributed by atoms with Gasteiger partial charge >= 0.3 is 11.7 Å². The van der Waals surface area contributed by atoms with E-state index in [9.17, 15) is 20.0 Å². The predicted octanol–water partition coefficient (Wildman–Crippen LogP) is 5.04. The summed E-state index contributed by atoms with van der Waals surface area (Å²) in [6, 6.07) is 10.6. The van der Waals surface area contributed by atoms with Crippen molar-refractivity contribution in [3.63, 3.8) is 0 Å². The third kappa shape index (κ3) is 3.83. The number of carbonyl (C=O) groups is 1. The summed E-state index contributed by atoms with van der Waals surface area (Å²) in [5.41, 5.74) is 5.67. The number of fused-ring (bicyclic) bond motifs is 2. The van der Waals surface area contributed by atoms with E-state index in [-0.39, 0.29) is 11.6 Å². The number of aromatic nitrogens is 3. The summed E-state index contributed by atoms with van der Waals surface area (Å²) in [5, 5.41) is 20.9. The first-order valence-electron chi connectivity index (χ1n) is 12.2. The van der Waals surface area contributed by atoms with Crippen LogP contribution in [0.4, 0.5) is 0 Å². The highest BCUT2D eigenvalue weighted by atomic mass is 16.4. The molecule has 1 N–H and O–H groups in total. The summed E-state index contributed by atoms with van der Waals surface area (Å²) in [7, 11) is 2.00. The maximum Gasteiger partial charge on any atom is 0.330 e. The molecule has 2 heterocycles. The van der Waals surface area contributed by atoms with E-state index in [1.54, 1.807) is 22.8 Å². The van der Waals surface area contributed by atoms with Crippen molar-refractivity contribution in [2.75, 3.05) is 0 Å². The van der Waals surface area contributed by atoms with Gasteiger partial charge in [-0.3, -0.25) is 9.13 Å². The van der Waals surface area contributed by atoms with Crippen molar-refractivity contribution in [2.24, 2.45) is 13.0 Å². The van der Waals surface area contributed by atoms with Gasteiger partial charge in [-0.1, -0.05) is 25.3 Å². The van der Waals surface area contributed by atoms with Gasteiger partial charge in [0.05, 0.1) is 29.2 Å². The predicted molar refractivity (Wildman–Crippen MR) is 136 cm³/mol. The Labute approximate surface area is 203 Å². The summed E-state index contributed by atoms with van der Waals surface area (Å²) in [5.74, 6) is -1.09. The molecule has 1 fully saturated rings. The molecule has 1 aliphatic carbocycles. The number of hydrogen-bond acceptors (Lipinski definition) is 3. The Morgan fingerprint density at radius 3 is 2.54 bits per heavy atom. The van der Waals surface area contributed by atoms with Crippen LogP contribution in [0.15, 0.2) is 41.3 Å². The van der Waals surface area contributed by atoms with E-state index in [0.717, 1.165) is 54.1 Å². The molecule has 35 heavy (non-hydrogen) atoms. The zero-order valence-corrected chi connectivity index (χ0v) is 20.4. The van der Waals surface area contributed by atoms with Gasteiger partial charge in [0.2, 0.25) is 0 Å². The van der Waals surface area contributed by atoms with Crippen LogP contribution in [-0.4, -0.2) is 24.8 Å². The molecule has 2 aromatic carbocycles. The van der Waals surface area contributed by atoms with Crippen LogP contribution in [-0.2, 0) is 18.4 Å². The van der Waals surface area contributed by atoms with E-state index in [2.05, 4.69) is 36.6 Å². The van der Waals surface area contributed by atoms with Crippen molar-refractivity contribution in [1.82, 2.24) is 13.7 Å². The lowest BCUT2D eigenvalue weighted by Gasteiger charge is -2.28. The Morgan fingerprint density at radius 1 is 1.11 bits per heavy atom. The topological polar surface area (TPSA) is 93.0 Å². The second kappa shape index (κ2) is 8.77. The number of nitriles is 1. The Morgan fingerprint density at radius 2 is 1.86 bits per heavy atom. The molecule has 2 aromatic heterocycles. The van der Waals surface area contributed by atoms with Crippen LogP contribution in [0.2, 0.25) is 0 Å². The van der Waals surface area contributed by atoms with E-state index >= 15 is 0 Å². The molecule has 5 rings (SSSR count). The number of hydrogen-bond donors (Lipinski definition) is 1. The van der Waals surface area contributed by atoms with E-state index in [1.165, 1.54) is 10.1 Å². The fourth-order valence-electron chi connectivity index (χ4n) is 6.04. The molecule has 1 unspecified atom stereocenters. The lowest BCUT2D eigenvalue weighted by molar-refractivity contribution is -0.143. The highest BCUT2D eigenvalue weighted by Crippen LogP contribution is 2.35. The molecule has 1 aliphatic rings. The van der Waals surface area contributed by atoms with Crippen LogP contribution in [0.25, 0.3) is 21.9 Å². The van der Waals surface area contributed by atoms with Gasteiger partial charge in [0.1, 0.15) is 6.04 Å². The molecule has 0 amide bonds. The van der Waals surface area contributed by atoms with Crippen LogP contribution in [0.3, 0.4) is 0 Å². The van der Waals surface area contributed by atoms with Gasteiger partial charge in [-0.2, -0.15) is 5.26 Å². The Balaban J connectivity index is 1.73. The summed E-state index contributed by atoms with van der Waals surface area (Å²) in [4.78, 5) is 26.5. The largest absolute Gasteiger partial charge is 0.480 e. The van der Waals surface area contributed by atoms with Crippen LogP contribution in [0, 0.1) is 31.1 Å². The average Bonchev–Trinajstić information content (AvgIpc) is 3.28. The van der Waals surface area contributed by atoms with E-state index in [1.807, 2.05) is 13.2 Å². The third-order valence-corrected chi connectivity index (χ3v) is 7.56. The van der Waals surface area contributed by atoms with Crippen molar-refractivity contribution in [2.45, 2.75) is 58.5 Å².